The highest BCUT2D eigenvalue weighted by Crippen LogP contribution is 2.37. The summed E-state index contributed by atoms with van der Waals surface area (Å²) in [6, 6.07) is 9.63. The van der Waals surface area contributed by atoms with E-state index in [-0.39, 0.29) is 39.2 Å². The Kier molecular flexibility index (Phi) is 9.12. The number of likely N-dealkylation sites (tertiary alicyclic amines) is 2. The van der Waals surface area contributed by atoms with Gasteiger partial charge in [0.25, 0.3) is 0 Å². The molecule has 0 aliphatic carbocycles. The molecule has 2 aliphatic heterocycles. The van der Waals surface area contributed by atoms with Crippen LogP contribution in [0.3, 0.4) is 0 Å². The molecule has 2 fully saturated rings. The van der Waals surface area contributed by atoms with Gasteiger partial charge in [0.15, 0.2) is 0 Å². The summed E-state index contributed by atoms with van der Waals surface area (Å²) < 4.78 is 73.4. The van der Waals surface area contributed by atoms with E-state index in [2.05, 4.69) is 9.80 Å². The van der Waals surface area contributed by atoms with Crippen LogP contribution in [0, 0.1) is 0 Å². The molecule has 5 rings (SSSR count). The predicted octanol–water partition coefficient (Wildman–Crippen LogP) is 5.41. The molecule has 1 aromatic heterocycles. The molecule has 2 saturated heterocycles. The zero-order valence-corrected chi connectivity index (χ0v) is 25.5. The van der Waals surface area contributed by atoms with Crippen molar-refractivity contribution in [3.8, 4) is 11.3 Å². The third-order valence-corrected chi connectivity index (χ3v) is 10.3. The molecule has 12 heteroatoms. The van der Waals surface area contributed by atoms with E-state index >= 15 is 0 Å². The molecule has 3 aromatic rings. The van der Waals surface area contributed by atoms with E-state index in [0.717, 1.165) is 55.5 Å². The predicted molar refractivity (Wildman–Crippen MR) is 158 cm³/mol. The largest absolute Gasteiger partial charge is 0.465 e. The zero-order valence-electron chi connectivity index (χ0n) is 24.7. The van der Waals surface area contributed by atoms with Crippen LogP contribution in [0.2, 0.25) is 0 Å². The number of rotatable bonds is 7. The number of sulfonamides is 1. The maximum Gasteiger partial charge on any atom is 0.416 e. The third kappa shape index (κ3) is 6.57. The molecule has 0 bridgehead atoms. The zero-order chi connectivity index (χ0) is 30.9. The van der Waals surface area contributed by atoms with Crippen LogP contribution in [-0.2, 0) is 27.5 Å². The third-order valence-electron chi connectivity index (χ3n) is 8.53. The molecule has 0 N–H and O–H groups in total. The number of methoxy groups -OCH3 is 1. The first-order valence-electron chi connectivity index (χ1n) is 14.5. The van der Waals surface area contributed by atoms with E-state index in [0.29, 0.717) is 11.6 Å². The van der Waals surface area contributed by atoms with Gasteiger partial charge in [-0.2, -0.15) is 13.2 Å². The summed E-state index contributed by atoms with van der Waals surface area (Å²) in [6.45, 7) is 3.94. The van der Waals surface area contributed by atoms with Crippen LogP contribution in [0.25, 0.3) is 22.2 Å². The maximum atomic E-state index is 13.7. The Morgan fingerprint density at radius 3 is 2.35 bits per heavy atom. The van der Waals surface area contributed by atoms with Crippen LogP contribution in [0.4, 0.5) is 13.2 Å². The Labute approximate surface area is 250 Å². The van der Waals surface area contributed by atoms with Crippen molar-refractivity contribution >= 4 is 26.9 Å². The summed E-state index contributed by atoms with van der Waals surface area (Å²) in [5, 5.41) is 0.267. The molecule has 0 radical (unpaired) electrons. The summed E-state index contributed by atoms with van der Waals surface area (Å²) in [4.78, 5) is 22.9. The second kappa shape index (κ2) is 12.5. The monoisotopic (exact) mass is 618 g/mol. The number of ether oxygens (including phenoxy) is 1. The van der Waals surface area contributed by atoms with Gasteiger partial charge in [-0.05, 0) is 82.2 Å². The molecule has 8 nitrogen and oxygen atoms in total. The number of hydrogen-bond donors (Lipinski definition) is 0. The van der Waals surface area contributed by atoms with Gasteiger partial charge in [0.2, 0.25) is 10.0 Å². The number of alkyl halides is 3. The highest BCUT2D eigenvalue weighted by atomic mass is 32.2. The molecule has 0 spiro atoms. The van der Waals surface area contributed by atoms with Crippen molar-refractivity contribution in [3.05, 3.63) is 59.2 Å². The lowest BCUT2D eigenvalue weighted by Gasteiger charge is -2.40. The summed E-state index contributed by atoms with van der Waals surface area (Å²) >= 11 is 0. The summed E-state index contributed by atoms with van der Waals surface area (Å²) in [5.41, 5.74) is 0.416. The highest BCUT2D eigenvalue weighted by molar-refractivity contribution is 7.89. The van der Waals surface area contributed by atoms with Gasteiger partial charge in [0.1, 0.15) is 0 Å². The number of pyridine rings is 1. The second-order valence-electron chi connectivity index (χ2n) is 11.5. The summed E-state index contributed by atoms with van der Waals surface area (Å²) in [6.07, 6.45) is 0.993. The maximum absolute atomic E-state index is 13.7. The van der Waals surface area contributed by atoms with Crippen LogP contribution in [0.1, 0.15) is 53.6 Å². The highest BCUT2D eigenvalue weighted by Gasteiger charge is 2.33. The first kappa shape index (κ1) is 31.4. The van der Waals surface area contributed by atoms with E-state index in [1.807, 2.05) is 0 Å². The van der Waals surface area contributed by atoms with Crippen LogP contribution < -0.4 is 0 Å². The molecular weight excluding hydrogens is 581 g/mol. The van der Waals surface area contributed by atoms with Crippen molar-refractivity contribution in [2.24, 2.45) is 0 Å². The quantitative estimate of drug-likeness (QED) is 0.328. The van der Waals surface area contributed by atoms with E-state index in [9.17, 15) is 26.4 Å². The lowest BCUT2D eigenvalue weighted by Crippen LogP contribution is -2.46. The van der Waals surface area contributed by atoms with Gasteiger partial charge in [0.05, 0.1) is 34.3 Å². The lowest BCUT2D eigenvalue weighted by atomic mass is 9.94. The Hall–Kier alpha value is -3.06. The van der Waals surface area contributed by atoms with E-state index < -0.39 is 27.7 Å². The van der Waals surface area contributed by atoms with Crippen LogP contribution in [-0.4, -0.2) is 86.9 Å². The van der Waals surface area contributed by atoms with Crippen molar-refractivity contribution in [1.29, 1.82) is 0 Å². The standard InChI is InChI=1S/C31H37F3N4O4S/c1-36(2)43(40,41)24-10-11-27-25(19-24)28(30(39)42-3)26(29(35-27)21-8-7-9-22(18-21)31(32,33)34)20-37-16-12-23(13-17-37)38-14-5-4-6-15-38/h7-11,18-19,23H,4-6,12-17,20H2,1-3H3. The number of nitrogens with zero attached hydrogens (tertiary/aromatic N) is 4. The molecule has 232 valence electrons. The van der Waals surface area contributed by atoms with Crippen molar-refractivity contribution in [2.45, 2.75) is 55.8 Å². The number of fused-ring (bicyclic) bond motifs is 1. The minimum atomic E-state index is -4.57. The molecule has 43 heavy (non-hydrogen) atoms. The Balaban J connectivity index is 1.64. The molecule has 0 unspecified atom stereocenters. The number of esters is 1. The number of hydrogen-bond acceptors (Lipinski definition) is 7. The number of aromatic nitrogens is 1. The molecule has 0 saturated carbocycles. The van der Waals surface area contributed by atoms with Gasteiger partial charge in [-0.25, -0.2) is 22.5 Å². The minimum Gasteiger partial charge on any atom is -0.465 e. The van der Waals surface area contributed by atoms with Crippen LogP contribution in [0.15, 0.2) is 47.4 Å². The molecule has 0 amide bonds. The van der Waals surface area contributed by atoms with Crippen molar-refractivity contribution in [2.75, 3.05) is 47.4 Å². The first-order chi connectivity index (χ1) is 20.4. The average molecular weight is 619 g/mol. The Morgan fingerprint density at radius 2 is 1.72 bits per heavy atom. The fraction of sp³-hybridized carbons (Fsp3) is 0.484. The number of halogens is 3. The molecular formula is C31H37F3N4O4S. The smallest absolute Gasteiger partial charge is 0.416 e. The fourth-order valence-electron chi connectivity index (χ4n) is 6.17. The number of piperidine rings is 2. The van der Waals surface area contributed by atoms with Gasteiger partial charge < -0.3 is 9.64 Å². The summed E-state index contributed by atoms with van der Waals surface area (Å²) in [5.74, 6) is -0.710. The summed E-state index contributed by atoms with van der Waals surface area (Å²) in [7, 11) is 0.206. The van der Waals surface area contributed by atoms with E-state index in [1.54, 1.807) is 6.07 Å². The van der Waals surface area contributed by atoms with Crippen LogP contribution >= 0.6 is 0 Å². The van der Waals surface area contributed by atoms with Gasteiger partial charge in [-0.3, -0.25) is 4.90 Å². The first-order valence-corrected chi connectivity index (χ1v) is 16.0. The average Bonchev–Trinajstić information content (AvgIpc) is 3.00. The van der Waals surface area contributed by atoms with Crippen molar-refractivity contribution < 1.29 is 31.1 Å². The molecule has 0 atom stereocenters. The van der Waals surface area contributed by atoms with Crippen molar-refractivity contribution in [1.82, 2.24) is 19.1 Å². The van der Waals surface area contributed by atoms with Crippen molar-refractivity contribution in [3.63, 3.8) is 0 Å². The Morgan fingerprint density at radius 1 is 1.02 bits per heavy atom. The molecule has 2 aromatic carbocycles. The Bertz CT molecular complexity index is 1600. The number of carbonyl (C=O) groups is 1. The number of benzene rings is 2. The van der Waals surface area contributed by atoms with Gasteiger partial charge in [0, 0.05) is 43.2 Å². The van der Waals surface area contributed by atoms with Gasteiger partial charge >= 0.3 is 12.1 Å². The molecule has 3 heterocycles. The van der Waals surface area contributed by atoms with Crippen LogP contribution in [0.5, 0.6) is 0 Å². The number of carbonyl (C=O) groups excluding carboxylic acids is 1. The fourth-order valence-corrected chi connectivity index (χ4v) is 7.10. The van der Waals surface area contributed by atoms with E-state index in [4.69, 9.17) is 9.72 Å². The SMILES string of the molecule is COC(=O)c1c(CN2CCC(N3CCCCC3)CC2)c(-c2cccc(C(F)(F)F)c2)nc2ccc(S(=O)(=O)N(C)C)cc12. The van der Waals surface area contributed by atoms with Gasteiger partial charge in [-0.15, -0.1) is 0 Å². The normalized spacial score (nSPS) is 17.9. The second-order valence-corrected chi connectivity index (χ2v) is 13.6. The van der Waals surface area contributed by atoms with E-state index in [1.165, 1.54) is 64.7 Å². The topological polar surface area (TPSA) is 83.0 Å². The lowest BCUT2D eigenvalue weighted by molar-refractivity contribution is -0.137. The minimum absolute atomic E-state index is 0.0305. The molecule has 2 aliphatic rings. The van der Waals surface area contributed by atoms with Gasteiger partial charge in [-0.1, -0.05) is 18.6 Å².